The summed E-state index contributed by atoms with van der Waals surface area (Å²) in [5, 5.41) is 0. The van der Waals surface area contributed by atoms with Crippen LogP contribution in [0.15, 0.2) is 0 Å². The zero-order valence-electron chi connectivity index (χ0n) is 11.7. The minimum absolute atomic E-state index is 0.221. The van der Waals surface area contributed by atoms with Crippen molar-refractivity contribution in [1.82, 2.24) is 0 Å². The van der Waals surface area contributed by atoms with Crippen molar-refractivity contribution in [3.63, 3.8) is 0 Å². The Hall–Kier alpha value is -0.200. The molecule has 0 aromatic carbocycles. The Morgan fingerprint density at radius 1 is 0.474 bits per heavy atom. The fourth-order valence-electron chi connectivity index (χ4n) is 2.50. The summed E-state index contributed by atoms with van der Waals surface area (Å²) in [5.41, 5.74) is 0. The van der Waals surface area contributed by atoms with Gasteiger partial charge in [-0.15, -0.1) is 0 Å². The molecule has 0 aromatic heterocycles. The Balaban J connectivity index is 1.74. The maximum absolute atomic E-state index is 5.89. The van der Waals surface area contributed by atoms with E-state index in [2.05, 4.69) is 0 Å². The molecule has 0 N–H and O–H groups in total. The molecule has 112 valence electrons. The summed E-state index contributed by atoms with van der Waals surface area (Å²) in [6, 6.07) is 0. The van der Waals surface area contributed by atoms with Crippen LogP contribution in [0.2, 0.25) is 0 Å². The smallest absolute Gasteiger partial charge is 0.0837 e. The first-order valence-corrected chi connectivity index (χ1v) is 7.43. The molecule has 5 nitrogen and oxygen atoms in total. The van der Waals surface area contributed by atoms with Crippen LogP contribution in [0, 0.1) is 0 Å². The van der Waals surface area contributed by atoms with E-state index in [0.29, 0.717) is 52.9 Å². The average molecular weight is 274 g/mol. The van der Waals surface area contributed by atoms with Crippen molar-refractivity contribution in [1.29, 1.82) is 0 Å². The van der Waals surface area contributed by atoms with E-state index in [9.17, 15) is 0 Å². The van der Waals surface area contributed by atoms with Crippen LogP contribution in [0.3, 0.4) is 0 Å². The molecule has 0 amide bonds. The predicted molar refractivity (Wildman–Crippen MR) is 70.4 cm³/mol. The van der Waals surface area contributed by atoms with Crippen LogP contribution in [0.1, 0.15) is 25.7 Å². The summed E-state index contributed by atoms with van der Waals surface area (Å²) in [4.78, 5) is 0. The van der Waals surface area contributed by atoms with Crippen LogP contribution in [-0.2, 0) is 23.7 Å². The van der Waals surface area contributed by atoms with Crippen LogP contribution in [-0.4, -0.2) is 65.1 Å². The molecule has 1 aliphatic carbocycles. The predicted octanol–water partition coefficient (Wildman–Crippen LogP) is 1.39. The van der Waals surface area contributed by atoms with E-state index in [4.69, 9.17) is 23.7 Å². The highest BCUT2D eigenvalue weighted by atomic mass is 16.6. The standard InChI is InChI=1S/C14H26O5/c1-2-4-14-13(3-1)18-11-9-16-7-5-15-6-8-17-10-12-19-14/h13-14H,1-12H2/t13-,14-/m0/s1. The van der Waals surface area contributed by atoms with Gasteiger partial charge in [-0.3, -0.25) is 0 Å². The van der Waals surface area contributed by atoms with Gasteiger partial charge >= 0.3 is 0 Å². The molecule has 19 heavy (non-hydrogen) atoms. The molecule has 1 saturated carbocycles. The highest BCUT2D eigenvalue weighted by Gasteiger charge is 2.26. The van der Waals surface area contributed by atoms with Gasteiger partial charge in [0.25, 0.3) is 0 Å². The third kappa shape index (κ3) is 6.19. The van der Waals surface area contributed by atoms with Crippen LogP contribution < -0.4 is 0 Å². The quantitative estimate of drug-likeness (QED) is 0.668. The molecule has 0 unspecified atom stereocenters. The topological polar surface area (TPSA) is 46.2 Å². The molecule has 2 fully saturated rings. The lowest BCUT2D eigenvalue weighted by Crippen LogP contribution is -2.36. The first kappa shape index (κ1) is 15.2. The molecular formula is C14H26O5. The van der Waals surface area contributed by atoms with Gasteiger partial charge in [-0.05, 0) is 12.8 Å². The zero-order valence-corrected chi connectivity index (χ0v) is 11.7. The van der Waals surface area contributed by atoms with E-state index in [0.717, 1.165) is 12.8 Å². The molecule has 0 bridgehead atoms. The van der Waals surface area contributed by atoms with E-state index in [1.54, 1.807) is 0 Å². The van der Waals surface area contributed by atoms with E-state index >= 15 is 0 Å². The van der Waals surface area contributed by atoms with Crippen molar-refractivity contribution in [2.75, 3.05) is 52.9 Å². The van der Waals surface area contributed by atoms with Gasteiger partial charge in [0, 0.05) is 0 Å². The fourth-order valence-corrected chi connectivity index (χ4v) is 2.50. The van der Waals surface area contributed by atoms with Crippen molar-refractivity contribution in [3.8, 4) is 0 Å². The summed E-state index contributed by atoms with van der Waals surface area (Å²) in [5.74, 6) is 0. The highest BCUT2D eigenvalue weighted by Crippen LogP contribution is 2.23. The highest BCUT2D eigenvalue weighted by molar-refractivity contribution is 4.76. The minimum Gasteiger partial charge on any atom is -0.377 e. The third-order valence-corrected chi connectivity index (χ3v) is 3.51. The van der Waals surface area contributed by atoms with Gasteiger partial charge in [0.2, 0.25) is 0 Å². The van der Waals surface area contributed by atoms with Gasteiger partial charge in [-0.2, -0.15) is 0 Å². The SMILES string of the molecule is C1CC[C@@H]2OCCOCCOCCOCCO[C@H]2C1. The van der Waals surface area contributed by atoms with Gasteiger partial charge < -0.3 is 23.7 Å². The van der Waals surface area contributed by atoms with Gasteiger partial charge in [-0.1, -0.05) is 12.8 Å². The number of rotatable bonds is 0. The van der Waals surface area contributed by atoms with Crippen LogP contribution in [0.5, 0.6) is 0 Å². The second kappa shape index (κ2) is 9.66. The largest absolute Gasteiger partial charge is 0.377 e. The summed E-state index contributed by atoms with van der Waals surface area (Å²) in [7, 11) is 0. The maximum Gasteiger partial charge on any atom is 0.0837 e. The van der Waals surface area contributed by atoms with Crippen molar-refractivity contribution in [2.45, 2.75) is 37.9 Å². The molecule has 2 aliphatic rings. The Labute approximate surface area is 115 Å². The van der Waals surface area contributed by atoms with Crippen molar-refractivity contribution in [3.05, 3.63) is 0 Å². The summed E-state index contributed by atoms with van der Waals surface area (Å²) < 4.78 is 28.1. The van der Waals surface area contributed by atoms with E-state index < -0.39 is 0 Å². The van der Waals surface area contributed by atoms with E-state index in [-0.39, 0.29) is 12.2 Å². The molecule has 5 heteroatoms. The third-order valence-electron chi connectivity index (χ3n) is 3.51. The fraction of sp³-hybridized carbons (Fsp3) is 1.00. The van der Waals surface area contributed by atoms with Crippen LogP contribution in [0.25, 0.3) is 0 Å². The Morgan fingerprint density at radius 3 is 1.26 bits per heavy atom. The second-order valence-electron chi connectivity index (χ2n) is 4.94. The number of fused-ring (bicyclic) bond motifs is 1. The molecule has 1 heterocycles. The Bertz CT molecular complexity index is 202. The molecule has 1 saturated heterocycles. The molecule has 0 spiro atoms. The van der Waals surface area contributed by atoms with Crippen LogP contribution in [0.4, 0.5) is 0 Å². The van der Waals surface area contributed by atoms with E-state index in [1.807, 2.05) is 0 Å². The monoisotopic (exact) mass is 274 g/mol. The van der Waals surface area contributed by atoms with Gasteiger partial charge in [0.15, 0.2) is 0 Å². The second-order valence-corrected chi connectivity index (χ2v) is 4.94. The molecule has 2 rings (SSSR count). The summed E-state index contributed by atoms with van der Waals surface area (Å²) in [6.45, 7) is 5.01. The lowest BCUT2D eigenvalue weighted by atomic mass is 9.94. The van der Waals surface area contributed by atoms with Gasteiger partial charge in [0.05, 0.1) is 65.1 Å². The lowest BCUT2D eigenvalue weighted by molar-refractivity contribution is -0.108. The molecule has 0 radical (unpaired) electrons. The molecule has 2 atom stereocenters. The number of ether oxygens (including phenoxy) is 5. The summed E-state index contributed by atoms with van der Waals surface area (Å²) in [6.07, 6.45) is 5.09. The molecule has 1 aliphatic heterocycles. The van der Waals surface area contributed by atoms with Gasteiger partial charge in [0.1, 0.15) is 0 Å². The first-order valence-electron chi connectivity index (χ1n) is 7.43. The van der Waals surface area contributed by atoms with Crippen molar-refractivity contribution >= 4 is 0 Å². The van der Waals surface area contributed by atoms with Crippen LogP contribution >= 0.6 is 0 Å². The average Bonchev–Trinajstić information content (AvgIpc) is 2.45. The number of hydrogen-bond donors (Lipinski definition) is 0. The van der Waals surface area contributed by atoms with Crippen molar-refractivity contribution < 1.29 is 23.7 Å². The zero-order chi connectivity index (χ0) is 13.2. The molecule has 0 aromatic rings. The number of hydrogen-bond acceptors (Lipinski definition) is 5. The van der Waals surface area contributed by atoms with Gasteiger partial charge in [-0.25, -0.2) is 0 Å². The Morgan fingerprint density at radius 2 is 0.842 bits per heavy atom. The minimum atomic E-state index is 0.221. The maximum atomic E-state index is 5.89. The molecular weight excluding hydrogens is 248 g/mol. The van der Waals surface area contributed by atoms with Crippen molar-refractivity contribution in [2.24, 2.45) is 0 Å². The van der Waals surface area contributed by atoms with E-state index in [1.165, 1.54) is 12.8 Å². The Kier molecular flexibility index (Phi) is 7.73. The summed E-state index contributed by atoms with van der Waals surface area (Å²) >= 11 is 0. The lowest BCUT2D eigenvalue weighted by Gasteiger charge is -2.31. The normalized spacial score (nSPS) is 32.8. The first-order chi connectivity index (χ1) is 9.47.